The van der Waals surface area contributed by atoms with Crippen LogP contribution in [0.5, 0.6) is 0 Å². The topological polar surface area (TPSA) is 91.0 Å². The molecule has 1 aliphatic carbocycles. The highest BCUT2D eigenvalue weighted by atomic mass is 16.3. The second kappa shape index (κ2) is 4.96. The number of pyridine rings is 2. The lowest BCUT2D eigenvalue weighted by atomic mass is 9.85. The molecule has 5 heteroatoms. The van der Waals surface area contributed by atoms with E-state index in [1.165, 1.54) is 5.56 Å². The first-order chi connectivity index (χ1) is 10.8. The summed E-state index contributed by atoms with van der Waals surface area (Å²) in [5, 5.41) is 0. The van der Waals surface area contributed by atoms with Crippen molar-refractivity contribution in [1.82, 2.24) is 9.97 Å². The van der Waals surface area contributed by atoms with Gasteiger partial charge in [-0.15, -0.1) is 0 Å². The molecule has 3 aromatic rings. The van der Waals surface area contributed by atoms with E-state index in [1.807, 2.05) is 24.4 Å². The summed E-state index contributed by atoms with van der Waals surface area (Å²) in [6, 6.07) is 5.81. The fraction of sp³-hybridized carbons (Fsp3) is 0.176. The maximum atomic E-state index is 6.17. The Hall–Kier alpha value is -2.66. The first kappa shape index (κ1) is 13.0. The number of fused-ring (bicyclic) bond motifs is 3. The Balaban J connectivity index is 2.06. The van der Waals surface area contributed by atoms with E-state index >= 15 is 0 Å². The number of furan rings is 1. The lowest BCUT2D eigenvalue weighted by Gasteiger charge is -2.23. The highest BCUT2D eigenvalue weighted by molar-refractivity contribution is 5.82. The molecule has 3 aromatic heterocycles. The van der Waals surface area contributed by atoms with Crippen LogP contribution in [-0.2, 0) is 19.4 Å². The number of hydrogen-bond donors (Lipinski definition) is 2. The Labute approximate surface area is 128 Å². The molecule has 0 aliphatic heterocycles. The van der Waals surface area contributed by atoms with Crippen molar-refractivity contribution in [2.24, 2.45) is 5.73 Å². The van der Waals surface area contributed by atoms with Crippen LogP contribution in [0.2, 0.25) is 0 Å². The van der Waals surface area contributed by atoms with Gasteiger partial charge in [0.25, 0.3) is 0 Å². The SMILES string of the molecule is NCc1c(N)nc2c(c1-c1ccco1)CCc1cnccc1-2. The molecule has 0 amide bonds. The highest BCUT2D eigenvalue weighted by Crippen LogP contribution is 2.40. The molecule has 0 spiro atoms. The Morgan fingerprint density at radius 1 is 1.23 bits per heavy atom. The van der Waals surface area contributed by atoms with E-state index in [-0.39, 0.29) is 0 Å². The van der Waals surface area contributed by atoms with Crippen LogP contribution in [0.1, 0.15) is 16.7 Å². The zero-order valence-corrected chi connectivity index (χ0v) is 12.0. The number of nitrogens with zero attached hydrogens (tertiary/aromatic N) is 2. The maximum absolute atomic E-state index is 6.17. The normalized spacial score (nSPS) is 12.8. The van der Waals surface area contributed by atoms with Gasteiger partial charge in [-0.2, -0.15) is 0 Å². The molecule has 0 unspecified atom stereocenters. The van der Waals surface area contributed by atoms with E-state index in [1.54, 1.807) is 12.5 Å². The van der Waals surface area contributed by atoms with Crippen LogP contribution in [0.4, 0.5) is 5.82 Å². The minimum Gasteiger partial charge on any atom is -0.464 e. The summed E-state index contributed by atoms with van der Waals surface area (Å²) in [7, 11) is 0. The van der Waals surface area contributed by atoms with Crippen LogP contribution in [0.15, 0.2) is 41.3 Å². The van der Waals surface area contributed by atoms with Crippen molar-refractivity contribution in [3.05, 3.63) is 53.5 Å². The maximum Gasteiger partial charge on any atom is 0.134 e. The summed E-state index contributed by atoms with van der Waals surface area (Å²) >= 11 is 0. The first-order valence-electron chi connectivity index (χ1n) is 7.28. The molecule has 4 N–H and O–H groups in total. The van der Waals surface area contributed by atoms with E-state index < -0.39 is 0 Å². The summed E-state index contributed by atoms with van der Waals surface area (Å²) in [5.74, 6) is 1.26. The van der Waals surface area contributed by atoms with Gasteiger partial charge in [0, 0.05) is 35.6 Å². The largest absolute Gasteiger partial charge is 0.464 e. The molecule has 3 heterocycles. The summed E-state index contributed by atoms with van der Waals surface area (Å²) in [6.45, 7) is 0.339. The summed E-state index contributed by atoms with van der Waals surface area (Å²) in [6.07, 6.45) is 7.16. The van der Waals surface area contributed by atoms with E-state index in [0.29, 0.717) is 12.4 Å². The van der Waals surface area contributed by atoms with Crippen molar-refractivity contribution in [1.29, 1.82) is 0 Å². The minimum atomic E-state index is 0.339. The average Bonchev–Trinajstić information content (AvgIpc) is 3.07. The minimum absolute atomic E-state index is 0.339. The fourth-order valence-electron chi connectivity index (χ4n) is 3.19. The van der Waals surface area contributed by atoms with Gasteiger partial charge in [-0.05, 0) is 42.2 Å². The van der Waals surface area contributed by atoms with Crippen molar-refractivity contribution < 1.29 is 4.42 Å². The Morgan fingerprint density at radius 3 is 2.91 bits per heavy atom. The standard InChI is InChI=1S/C17H16N4O/c18-8-13-15(14-2-1-7-22-14)12-4-3-10-9-20-6-5-11(10)16(12)21-17(13)19/h1-2,5-7,9H,3-4,8,18H2,(H2,19,21). The van der Waals surface area contributed by atoms with Gasteiger partial charge in [0.1, 0.15) is 11.6 Å². The van der Waals surface area contributed by atoms with Crippen LogP contribution >= 0.6 is 0 Å². The van der Waals surface area contributed by atoms with Gasteiger partial charge in [-0.3, -0.25) is 4.98 Å². The molecule has 0 saturated carbocycles. The summed E-state index contributed by atoms with van der Waals surface area (Å²) in [5.41, 5.74) is 18.3. The smallest absolute Gasteiger partial charge is 0.134 e. The molecular weight excluding hydrogens is 276 g/mol. The van der Waals surface area contributed by atoms with Gasteiger partial charge in [0.05, 0.1) is 12.0 Å². The lowest BCUT2D eigenvalue weighted by molar-refractivity contribution is 0.580. The zero-order valence-electron chi connectivity index (χ0n) is 12.0. The number of anilines is 1. The lowest BCUT2D eigenvalue weighted by Crippen LogP contribution is -2.14. The number of aryl methyl sites for hydroxylation is 1. The van der Waals surface area contributed by atoms with Gasteiger partial charge in [0.2, 0.25) is 0 Å². The molecule has 0 radical (unpaired) electrons. The number of aromatic nitrogens is 2. The highest BCUT2D eigenvalue weighted by Gasteiger charge is 2.25. The van der Waals surface area contributed by atoms with E-state index in [9.17, 15) is 0 Å². The molecule has 0 fully saturated rings. The number of nitrogens with two attached hydrogens (primary N) is 2. The molecule has 22 heavy (non-hydrogen) atoms. The molecule has 0 bridgehead atoms. The van der Waals surface area contributed by atoms with Crippen molar-refractivity contribution in [3.8, 4) is 22.6 Å². The van der Waals surface area contributed by atoms with Crippen LogP contribution < -0.4 is 11.5 Å². The summed E-state index contributed by atoms with van der Waals surface area (Å²) in [4.78, 5) is 8.83. The molecule has 0 saturated heterocycles. The average molecular weight is 292 g/mol. The third-order valence-corrected chi connectivity index (χ3v) is 4.21. The summed E-state index contributed by atoms with van der Waals surface area (Å²) < 4.78 is 5.62. The van der Waals surface area contributed by atoms with E-state index in [4.69, 9.17) is 15.9 Å². The number of rotatable bonds is 2. The molecule has 5 nitrogen and oxygen atoms in total. The fourth-order valence-corrected chi connectivity index (χ4v) is 3.19. The molecular formula is C17H16N4O. The quantitative estimate of drug-likeness (QED) is 0.757. The Bertz CT molecular complexity index is 840. The second-order valence-corrected chi connectivity index (χ2v) is 5.39. The van der Waals surface area contributed by atoms with Crippen molar-refractivity contribution in [2.75, 3.05) is 5.73 Å². The molecule has 110 valence electrons. The van der Waals surface area contributed by atoms with Crippen LogP contribution in [0, 0.1) is 0 Å². The van der Waals surface area contributed by atoms with Crippen molar-refractivity contribution in [3.63, 3.8) is 0 Å². The Morgan fingerprint density at radius 2 is 2.14 bits per heavy atom. The third kappa shape index (κ3) is 1.83. The zero-order chi connectivity index (χ0) is 15.1. The van der Waals surface area contributed by atoms with Gasteiger partial charge in [-0.25, -0.2) is 4.98 Å². The van der Waals surface area contributed by atoms with Crippen LogP contribution in [0.25, 0.3) is 22.6 Å². The first-order valence-corrected chi connectivity index (χ1v) is 7.28. The number of nitrogen functional groups attached to an aromatic ring is 1. The van der Waals surface area contributed by atoms with Crippen LogP contribution in [0.3, 0.4) is 0 Å². The number of hydrogen-bond acceptors (Lipinski definition) is 5. The molecule has 0 aromatic carbocycles. The molecule has 0 atom stereocenters. The molecule has 1 aliphatic rings. The predicted octanol–water partition coefficient (Wildman–Crippen LogP) is 2.54. The van der Waals surface area contributed by atoms with Crippen molar-refractivity contribution in [2.45, 2.75) is 19.4 Å². The van der Waals surface area contributed by atoms with Gasteiger partial charge in [-0.1, -0.05) is 0 Å². The monoisotopic (exact) mass is 292 g/mol. The van der Waals surface area contributed by atoms with Crippen molar-refractivity contribution >= 4 is 5.82 Å². The van der Waals surface area contributed by atoms with E-state index in [2.05, 4.69) is 9.97 Å². The van der Waals surface area contributed by atoms with E-state index in [0.717, 1.165) is 46.5 Å². The predicted molar refractivity (Wildman–Crippen MR) is 84.9 cm³/mol. The Kier molecular flexibility index (Phi) is 2.94. The third-order valence-electron chi connectivity index (χ3n) is 4.21. The van der Waals surface area contributed by atoms with Gasteiger partial charge >= 0.3 is 0 Å². The van der Waals surface area contributed by atoms with Gasteiger partial charge < -0.3 is 15.9 Å². The van der Waals surface area contributed by atoms with Crippen LogP contribution in [-0.4, -0.2) is 9.97 Å². The molecule has 4 rings (SSSR count). The second-order valence-electron chi connectivity index (χ2n) is 5.39. The van der Waals surface area contributed by atoms with Gasteiger partial charge in [0.15, 0.2) is 0 Å².